The molecule has 9 heteroatoms. The maximum absolute atomic E-state index is 14.1. The maximum Gasteiger partial charge on any atom is 0.243 e. The van der Waals surface area contributed by atoms with Gasteiger partial charge in [0.05, 0.1) is 24.2 Å². The van der Waals surface area contributed by atoms with Crippen molar-refractivity contribution in [3.05, 3.63) is 102 Å². The molecule has 0 saturated heterocycles. The molecule has 1 unspecified atom stereocenters. The minimum Gasteiger partial charge on any atom is -0.391 e. The summed E-state index contributed by atoms with van der Waals surface area (Å²) < 4.78 is 0. The number of aromatic nitrogens is 2. The highest BCUT2D eigenvalue weighted by atomic mass is 35.5. The Morgan fingerprint density at radius 2 is 1.69 bits per heavy atom. The molecule has 0 bridgehead atoms. The quantitative estimate of drug-likeness (QED) is 0.0915. The van der Waals surface area contributed by atoms with Crippen molar-refractivity contribution in [2.45, 2.75) is 96.2 Å². The van der Waals surface area contributed by atoms with Crippen molar-refractivity contribution in [3.63, 3.8) is 0 Å². The highest BCUT2D eigenvalue weighted by Crippen LogP contribution is 2.30. The number of carbonyl (C=O) groups is 3. The molecule has 1 aliphatic carbocycles. The van der Waals surface area contributed by atoms with Crippen LogP contribution in [0.25, 0.3) is 0 Å². The Balaban J connectivity index is 1.57. The highest BCUT2D eigenvalue weighted by Gasteiger charge is 2.34. The molecule has 3 aromatic rings. The van der Waals surface area contributed by atoms with Gasteiger partial charge >= 0.3 is 0 Å². The summed E-state index contributed by atoms with van der Waals surface area (Å²) in [5, 5.41) is 18.1. The van der Waals surface area contributed by atoms with E-state index >= 15 is 0 Å². The molecule has 2 amide bonds. The topological polar surface area (TPSA) is 124 Å². The van der Waals surface area contributed by atoms with E-state index in [2.05, 4.69) is 41.0 Å². The fraction of sp³-hybridized carbons (Fsp3) is 0.487. The first-order chi connectivity index (χ1) is 23.1. The number of aliphatic hydroxyl groups excluding tert-OH is 1. The van der Waals surface area contributed by atoms with Crippen molar-refractivity contribution in [3.8, 4) is 0 Å². The van der Waals surface area contributed by atoms with Gasteiger partial charge in [0.1, 0.15) is 17.7 Å². The molecule has 2 aromatic carbocycles. The third-order valence-corrected chi connectivity index (χ3v) is 9.91. The number of ketones is 1. The molecule has 258 valence electrons. The first-order valence-electron chi connectivity index (χ1n) is 17.3. The number of aromatic amines is 1. The Kier molecular flexibility index (Phi) is 14.4. The van der Waals surface area contributed by atoms with Crippen LogP contribution in [-0.4, -0.2) is 50.9 Å². The summed E-state index contributed by atoms with van der Waals surface area (Å²) in [6.07, 6.45) is 11.4. The lowest BCUT2D eigenvalue weighted by Gasteiger charge is -2.33. The fourth-order valence-corrected chi connectivity index (χ4v) is 6.81. The lowest BCUT2D eigenvalue weighted by Crippen LogP contribution is -2.55. The molecule has 0 radical (unpaired) electrons. The number of aliphatic hydroxyl groups is 1. The van der Waals surface area contributed by atoms with Crippen LogP contribution < -0.4 is 10.6 Å². The zero-order chi connectivity index (χ0) is 34.5. The molecular weight excluding hydrogens is 624 g/mol. The zero-order valence-corrected chi connectivity index (χ0v) is 29.0. The monoisotopic (exact) mass is 674 g/mol. The van der Waals surface area contributed by atoms with Crippen LogP contribution in [0, 0.1) is 23.7 Å². The molecular formula is C39H51ClN4O4. The van der Waals surface area contributed by atoms with E-state index in [0.29, 0.717) is 35.4 Å². The fourth-order valence-electron chi connectivity index (χ4n) is 6.68. The van der Waals surface area contributed by atoms with Crippen LogP contribution in [0.15, 0.2) is 79.8 Å². The molecule has 0 spiro atoms. The molecule has 4 rings (SSSR count). The number of Topliss-reactive ketones (excluding diaryl/α,β-unsaturated/α-hetero) is 1. The van der Waals surface area contributed by atoms with E-state index in [1.165, 1.54) is 12.7 Å². The van der Waals surface area contributed by atoms with E-state index in [0.717, 1.165) is 36.8 Å². The molecule has 4 N–H and O–H groups in total. The number of nitrogens with zero attached hydrogens (tertiary/aromatic N) is 1. The summed E-state index contributed by atoms with van der Waals surface area (Å²) >= 11 is 6.06. The van der Waals surface area contributed by atoms with Gasteiger partial charge in [-0.3, -0.25) is 14.4 Å². The van der Waals surface area contributed by atoms with Crippen molar-refractivity contribution in [1.82, 2.24) is 20.6 Å². The van der Waals surface area contributed by atoms with E-state index in [1.807, 2.05) is 36.4 Å². The Morgan fingerprint density at radius 3 is 2.31 bits per heavy atom. The predicted octanol–water partition coefficient (Wildman–Crippen LogP) is 6.43. The summed E-state index contributed by atoms with van der Waals surface area (Å²) in [5.74, 6) is -1.43. The summed E-state index contributed by atoms with van der Waals surface area (Å²) in [7, 11) is 0. The molecule has 1 saturated carbocycles. The van der Waals surface area contributed by atoms with Gasteiger partial charge in [-0.25, -0.2) is 4.98 Å². The normalized spacial score (nSPS) is 16.8. The van der Waals surface area contributed by atoms with Crippen molar-refractivity contribution >= 4 is 29.2 Å². The molecule has 1 aromatic heterocycles. The van der Waals surface area contributed by atoms with Crippen molar-refractivity contribution in [1.29, 1.82) is 0 Å². The number of carbonyl (C=O) groups excluding carboxylic acids is 3. The largest absolute Gasteiger partial charge is 0.391 e. The van der Waals surface area contributed by atoms with Gasteiger partial charge in [-0.15, -0.1) is 6.58 Å². The van der Waals surface area contributed by atoms with Crippen molar-refractivity contribution in [2.24, 2.45) is 23.7 Å². The van der Waals surface area contributed by atoms with Gasteiger partial charge < -0.3 is 20.7 Å². The third-order valence-electron chi connectivity index (χ3n) is 9.66. The number of allylic oxidation sites excluding steroid dienone is 1. The van der Waals surface area contributed by atoms with Gasteiger partial charge in [0, 0.05) is 24.1 Å². The lowest BCUT2D eigenvalue weighted by atomic mass is 9.81. The van der Waals surface area contributed by atoms with Gasteiger partial charge in [0.25, 0.3) is 0 Å². The lowest BCUT2D eigenvalue weighted by molar-refractivity contribution is -0.137. The second-order valence-corrected chi connectivity index (χ2v) is 14.1. The number of hydrogen-bond donors (Lipinski definition) is 4. The van der Waals surface area contributed by atoms with Crippen LogP contribution >= 0.6 is 11.6 Å². The Labute approximate surface area is 290 Å². The van der Waals surface area contributed by atoms with Crippen LogP contribution in [0.1, 0.15) is 75.6 Å². The number of imidazole rings is 1. The number of halogens is 1. The molecule has 8 nitrogen and oxygen atoms in total. The number of H-pyrrole nitrogens is 1. The van der Waals surface area contributed by atoms with E-state index in [4.69, 9.17) is 11.6 Å². The Hall–Kier alpha value is -3.75. The zero-order valence-electron chi connectivity index (χ0n) is 28.2. The van der Waals surface area contributed by atoms with Gasteiger partial charge in [0.2, 0.25) is 11.8 Å². The molecule has 5 atom stereocenters. The van der Waals surface area contributed by atoms with Crippen LogP contribution in [0.2, 0.25) is 5.02 Å². The van der Waals surface area contributed by atoms with Crippen molar-refractivity contribution < 1.29 is 19.5 Å². The molecule has 1 aliphatic rings. The number of hydrogen-bond acceptors (Lipinski definition) is 5. The van der Waals surface area contributed by atoms with Crippen LogP contribution in [-0.2, 0) is 33.6 Å². The average molecular weight is 675 g/mol. The van der Waals surface area contributed by atoms with E-state index in [-0.39, 0.29) is 31.0 Å². The van der Waals surface area contributed by atoms with Crippen LogP contribution in [0.5, 0.6) is 0 Å². The number of benzene rings is 2. The van der Waals surface area contributed by atoms with Crippen LogP contribution in [0.3, 0.4) is 0 Å². The minimum absolute atomic E-state index is 0.0499. The molecule has 1 fully saturated rings. The van der Waals surface area contributed by atoms with Gasteiger partial charge in [0.15, 0.2) is 0 Å². The van der Waals surface area contributed by atoms with Crippen LogP contribution in [0.4, 0.5) is 0 Å². The first kappa shape index (κ1) is 37.1. The van der Waals surface area contributed by atoms with E-state index < -0.39 is 35.9 Å². The van der Waals surface area contributed by atoms with E-state index in [9.17, 15) is 19.5 Å². The minimum atomic E-state index is -1.03. The average Bonchev–Trinajstić information content (AvgIpc) is 3.60. The van der Waals surface area contributed by atoms with E-state index in [1.54, 1.807) is 30.5 Å². The molecule has 48 heavy (non-hydrogen) atoms. The summed E-state index contributed by atoms with van der Waals surface area (Å²) in [4.78, 5) is 49.1. The standard InChI is InChI=1S/C39H51ClN4O4/c1-4-30(26(2)3)22-37(46)34(20-28-13-9-6-10-14-28)43-39(48)35(23-32-24-41-25-42-32)44-38(47)33(19-27-11-7-5-8-12-27)36(45)21-29-15-17-31(40)18-16-29/h4-5,7-8,11-12,15-18,24-26,28,30,33-35,37,46H,1,6,9-10,13-14,19-23H2,2-3H3,(H,41,42)(H,43,48)(H,44,47)/t30-,33?,34-,35-,37-/m0/s1. The number of amides is 2. The van der Waals surface area contributed by atoms with Crippen molar-refractivity contribution in [2.75, 3.05) is 0 Å². The summed E-state index contributed by atoms with van der Waals surface area (Å²) in [6.45, 7) is 8.18. The highest BCUT2D eigenvalue weighted by molar-refractivity contribution is 6.30. The molecule has 0 aliphatic heterocycles. The number of nitrogens with one attached hydrogen (secondary N) is 3. The number of rotatable bonds is 18. The third kappa shape index (κ3) is 11.4. The second kappa shape index (κ2) is 18.7. The smallest absolute Gasteiger partial charge is 0.243 e. The first-order valence-corrected chi connectivity index (χ1v) is 17.7. The summed E-state index contributed by atoms with van der Waals surface area (Å²) in [6, 6.07) is 14.9. The van der Waals surface area contributed by atoms with Gasteiger partial charge in [-0.05, 0) is 60.3 Å². The predicted molar refractivity (Wildman–Crippen MR) is 190 cm³/mol. The van der Waals surface area contributed by atoms with Gasteiger partial charge in [-0.2, -0.15) is 0 Å². The Morgan fingerprint density at radius 1 is 0.979 bits per heavy atom. The van der Waals surface area contributed by atoms with Gasteiger partial charge in [-0.1, -0.05) is 106 Å². The second-order valence-electron chi connectivity index (χ2n) is 13.6. The Bertz CT molecular complexity index is 1440. The SMILES string of the molecule is C=C[C@@H](C[C@H](O)[C@H](CC1CCCCC1)NC(=O)[C@H](Cc1c[nH]cn1)NC(=O)C(Cc1ccccc1)C(=O)Cc1ccc(Cl)cc1)C(C)C. The molecule has 1 heterocycles. The maximum atomic E-state index is 14.1. The summed E-state index contributed by atoms with van der Waals surface area (Å²) in [5.41, 5.74) is 2.19.